The SMILES string of the molecule is Cc1nc2cc(-c3nc4ccc(F)nc4o3)ccc2n1C. The number of aromatic nitrogens is 4. The minimum atomic E-state index is -0.582. The van der Waals surface area contributed by atoms with E-state index in [0.717, 1.165) is 22.4 Å². The molecule has 0 atom stereocenters. The van der Waals surface area contributed by atoms with Gasteiger partial charge in [-0.1, -0.05) is 0 Å². The Morgan fingerprint density at radius 2 is 1.90 bits per heavy atom. The second kappa shape index (κ2) is 4.12. The molecule has 21 heavy (non-hydrogen) atoms. The molecule has 0 fully saturated rings. The van der Waals surface area contributed by atoms with E-state index in [0.29, 0.717) is 11.4 Å². The van der Waals surface area contributed by atoms with Crippen molar-refractivity contribution in [1.82, 2.24) is 19.5 Å². The Hall–Kier alpha value is -2.76. The van der Waals surface area contributed by atoms with Gasteiger partial charge in [-0.2, -0.15) is 9.37 Å². The molecule has 0 saturated heterocycles. The molecule has 4 aromatic rings. The van der Waals surface area contributed by atoms with E-state index in [1.165, 1.54) is 6.07 Å². The summed E-state index contributed by atoms with van der Waals surface area (Å²) < 4.78 is 20.6. The highest BCUT2D eigenvalue weighted by atomic mass is 19.1. The first-order valence-electron chi connectivity index (χ1n) is 6.48. The predicted molar refractivity (Wildman–Crippen MR) is 76.2 cm³/mol. The van der Waals surface area contributed by atoms with Crippen LogP contribution in [0.15, 0.2) is 34.7 Å². The summed E-state index contributed by atoms with van der Waals surface area (Å²) in [5.41, 5.74) is 3.43. The van der Waals surface area contributed by atoms with Crippen LogP contribution in [-0.4, -0.2) is 19.5 Å². The lowest BCUT2D eigenvalue weighted by molar-refractivity contribution is 0.559. The van der Waals surface area contributed by atoms with E-state index >= 15 is 0 Å². The van der Waals surface area contributed by atoms with Gasteiger partial charge in [0.2, 0.25) is 17.6 Å². The van der Waals surface area contributed by atoms with Crippen molar-refractivity contribution in [3.63, 3.8) is 0 Å². The standard InChI is InChI=1S/C15H11FN4O/c1-8-17-11-7-9(3-5-12(11)20(8)2)14-18-10-4-6-13(16)19-15(10)21-14/h3-7H,1-2H3. The van der Waals surface area contributed by atoms with Gasteiger partial charge in [0, 0.05) is 12.6 Å². The van der Waals surface area contributed by atoms with Crippen molar-refractivity contribution in [2.45, 2.75) is 6.92 Å². The summed E-state index contributed by atoms with van der Waals surface area (Å²) in [7, 11) is 1.97. The number of pyridine rings is 1. The summed E-state index contributed by atoms with van der Waals surface area (Å²) in [5, 5.41) is 0. The van der Waals surface area contributed by atoms with Gasteiger partial charge in [0.1, 0.15) is 11.3 Å². The minimum Gasteiger partial charge on any atom is -0.418 e. The second-order valence-electron chi connectivity index (χ2n) is 4.90. The number of benzene rings is 1. The summed E-state index contributed by atoms with van der Waals surface area (Å²) in [6.45, 7) is 1.95. The van der Waals surface area contributed by atoms with Crippen LogP contribution in [0.3, 0.4) is 0 Å². The van der Waals surface area contributed by atoms with Crippen LogP contribution >= 0.6 is 0 Å². The fourth-order valence-electron chi connectivity index (χ4n) is 2.37. The number of halogens is 1. The Morgan fingerprint density at radius 1 is 1.05 bits per heavy atom. The van der Waals surface area contributed by atoms with E-state index in [-0.39, 0.29) is 5.71 Å². The highest BCUT2D eigenvalue weighted by Crippen LogP contribution is 2.26. The molecule has 3 heterocycles. The minimum absolute atomic E-state index is 0.197. The van der Waals surface area contributed by atoms with Crippen LogP contribution in [0, 0.1) is 12.9 Å². The van der Waals surface area contributed by atoms with Gasteiger partial charge in [-0.15, -0.1) is 0 Å². The Bertz CT molecular complexity index is 986. The zero-order valence-electron chi connectivity index (χ0n) is 11.5. The number of hydrogen-bond acceptors (Lipinski definition) is 4. The van der Waals surface area contributed by atoms with E-state index in [2.05, 4.69) is 15.0 Å². The normalized spacial score (nSPS) is 11.6. The molecule has 0 N–H and O–H groups in total. The molecule has 0 aliphatic carbocycles. The Labute approximate surface area is 119 Å². The lowest BCUT2D eigenvalue weighted by Crippen LogP contribution is -1.89. The molecule has 0 unspecified atom stereocenters. The average Bonchev–Trinajstić information content (AvgIpc) is 3.00. The van der Waals surface area contributed by atoms with Crippen molar-refractivity contribution in [2.75, 3.05) is 0 Å². The van der Waals surface area contributed by atoms with Crippen LogP contribution in [0.4, 0.5) is 4.39 Å². The zero-order chi connectivity index (χ0) is 14.6. The van der Waals surface area contributed by atoms with Gasteiger partial charge in [-0.05, 0) is 37.3 Å². The molecule has 0 bridgehead atoms. The Balaban J connectivity index is 1.91. The third-order valence-corrected chi connectivity index (χ3v) is 3.57. The first-order chi connectivity index (χ1) is 10.1. The lowest BCUT2D eigenvalue weighted by Gasteiger charge is -1.97. The fraction of sp³-hybridized carbons (Fsp3) is 0.133. The molecule has 0 aliphatic heterocycles. The topological polar surface area (TPSA) is 56.7 Å². The zero-order valence-corrected chi connectivity index (χ0v) is 11.5. The van der Waals surface area contributed by atoms with E-state index in [4.69, 9.17) is 4.42 Å². The van der Waals surface area contributed by atoms with Crippen LogP contribution in [-0.2, 0) is 7.05 Å². The third kappa shape index (κ3) is 1.79. The van der Waals surface area contributed by atoms with Crippen molar-refractivity contribution in [1.29, 1.82) is 0 Å². The highest BCUT2D eigenvalue weighted by molar-refractivity contribution is 5.82. The molecule has 4 rings (SSSR count). The van der Waals surface area contributed by atoms with E-state index < -0.39 is 5.95 Å². The number of nitrogens with zero attached hydrogens (tertiary/aromatic N) is 4. The number of hydrogen-bond donors (Lipinski definition) is 0. The summed E-state index contributed by atoms with van der Waals surface area (Å²) in [6.07, 6.45) is 0. The van der Waals surface area contributed by atoms with E-state index in [1.54, 1.807) is 6.07 Å². The summed E-state index contributed by atoms with van der Waals surface area (Å²) in [4.78, 5) is 12.5. The van der Waals surface area contributed by atoms with Gasteiger partial charge in [-0.25, -0.2) is 9.97 Å². The first kappa shape index (κ1) is 12.0. The van der Waals surface area contributed by atoms with Crippen molar-refractivity contribution >= 4 is 22.3 Å². The fourth-order valence-corrected chi connectivity index (χ4v) is 2.37. The molecule has 0 saturated carbocycles. The molecule has 104 valence electrons. The van der Waals surface area contributed by atoms with Gasteiger partial charge < -0.3 is 8.98 Å². The van der Waals surface area contributed by atoms with Crippen LogP contribution in [0.1, 0.15) is 5.82 Å². The summed E-state index contributed by atoms with van der Waals surface area (Å²) in [6, 6.07) is 8.59. The maximum atomic E-state index is 13.1. The van der Waals surface area contributed by atoms with Crippen LogP contribution in [0.25, 0.3) is 33.7 Å². The molecule has 6 heteroatoms. The second-order valence-corrected chi connectivity index (χ2v) is 4.90. The molecule has 0 radical (unpaired) electrons. The van der Waals surface area contributed by atoms with Crippen molar-refractivity contribution < 1.29 is 8.81 Å². The molecule has 1 aromatic carbocycles. The van der Waals surface area contributed by atoms with Gasteiger partial charge >= 0.3 is 0 Å². The molecule has 5 nitrogen and oxygen atoms in total. The number of aryl methyl sites for hydroxylation is 2. The largest absolute Gasteiger partial charge is 0.418 e. The monoisotopic (exact) mass is 282 g/mol. The third-order valence-electron chi connectivity index (χ3n) is 3.57. The van der Waals surface area contributed by atoms with Gasteiger partial charge in [0.05, 0.1) is 11.0 Å². The van der Waals surface area contributed by atoms with E-state index in [9.17, 15) is 4.39 Å². The van der Waals surface area contributed by atoms with E-state index in [1.807, 2.05) is 36.7 Å². The number of rotatable bonds is 1. The maximum Gasteiger partial charge on any atom is 0.250 e. The molecule has 0 spiro atoms. The number of oxazole rings is 1. The maximum absolute atomic E-state index is 13.1. The number of imidazole rings is 1. The van der Waals surface area contributed by atoms with Crippen molar-refractivity contribution in [2.24, 2.45) is 7.05 Å². The number of fused-ring (bicyclic) bond motifs is 2. The van der Waals surface area contributed by atoms with Crippen LogP contribution in [0.2, 0.25) is 0 Å². The average molecular weight is 282 g/mol. The molecule has 0 amide bonds. The van der Waals surface area contributed by atoms with Crippen LogP contribution in [0.5, 0.6) is 0 Å². The summed E-state index contributed by atoms with van der Waals surface area (Å²) >= 11 is 0. The predicted octanol–water partition coefficient (Wildman–Crippen LogP) is 3.22. The van der Waals surface area contributed by atoms with Crippen molar-refractivity contribution in [3.05, 3.63) is 42.1 Å². The molecular formula is C15H11FN4O. The lowest BCUT2D eigenvalue weighted by atomic mass is 10.2. The Kier molecular flexibility index (Phi) is 2.35. The molecule has 0 aliphatic rings. The van der Waals surface area contributed by atoms with Crippen molar-refractivity contribution in [3.8, 4) is 11.5 Å². The van der Waals surface area contributed by atoms with Gasteiger partial charge in [0.25, 0.3) is 0 Å². The van der Waals surface area contributed by atoms with Crippen LogP contribution < -0.4 is 0 Å². The van der Waals surface area contributed by atoms with Gasteiger partial charge in [-0.3, -0.25) is 0 Å². The van der Waals surface area contributed by atoms with Gasteiger partial charge in [0.15, 0.2) is 0 Å². The quantitative estimate of drug-likeness (QED) is 0.503. The smallest absolute Gasteiger partial charge is 0.250 e. The molecule has 3 aromatic heterocycles. The Morgan fingerprint density at radius 3 is 2.76 bits per heavy atom. The first-order valence-corrected chi connectivity index (χ1v) is 6.48. The summed E-state index contributed by atoms with van der Waals surface area (Å²) in [5.74, 6) is 0.762. The highest BCUT2D eigenvalue weighted by Gasteiger charge is 2.12. The molecular weight excluding hydrogens is 271 g/mol.